The molecule has 0 amide bonds. The second-order valence-electron chi connectivity index (χ2n) is 10.3. The third kappa shape index (κ3) is 3.41. The molecular formula is C25H29N5O2. The summed E-state index contributed by atoms with van der Waals surface area (Å²) in [7, 11) is 0. The fourth-order valence-electron chi connectivity index (χ4n) is 5.14. The lowest BCUT2D eigenvalue weighted by atomic mass is 9.67. The number of nitrogens with two attached hydrogens (primary N) is 1. The predicted octanol–water partition coefficient (Wildman–Crippen LogP) is 3.50. The minimum absolute atomic E-state index is 0.0538. The standard InChI is InChI=1S/C25H29N5O2/c1-24(2,3)30-22(23(32)16-5-4-15-6-7-20(26)28-18(15)12-16)17-13-25(8-10-27-11-9-25)14-19(31)21(17)29-30/h4-7,12,27H,8-11,13-14H2,1-3H3,(H2,26,28). The highest BCUT2D eigenvalue weighted by atomic mass is 16.1. The van der Waals surface area contributed by atoms with E-state index in [0.29, 0.717) is 41.1 Å². The third-order valence-electron chi connectivity index (χ3n) is 6.83. The number of nitrogens with zero attached hydrogens (tertiary/aromatic N) is 3. The first-order chi connectivity index (χ1) is 15.2. The smallest absolute Gasteiger partial charge is 0.211 e. The molecule has 1 aliphatic carbocycles. The molecule has 1 aliphatic heterocycles. The normalized spacial score (nSPS) is 18.2. The minimum Gasteiger partial charge on any atom is -0.384 e. The number of piperidine rings is 1. The number of hydrogen-bond donors (Lipinski definition) is 2. The van der Waals surface area contributed by atoms with Crippen molar-refractivity contribution in [2.45, 2.75) is 52.0 Å². The Bertz CT molecular complexity index is 1250. The molecule has 5 rings (SSSR count). The van der Waals surface area contributed by atoms with Crippen LogP contribution in [0.5, 0.6) is 0 Å². The molecule has 1 aromatic carbocycles. The number of ketones is 2. The van der Waals surface area contributed by atoms with Crippen molar-refractivity contribution in [3.05, 3.63) is 52.8 Å². The maximum atomic E-state index is 13.9. The highest BCUT2D eigenvalue weighted by Crippen LogP contribution is 2.44. The van der Waals surface area contributed by atoms with Crippen LogP contribution in [0, 0.1) is 5.41 Å². The van der Waals surface area contributed by atoms with Gasteiger partial charge >= 0.3 is 0 Å². The summed E-state index contributed by atoms with van der Waals surface area (Å²) in [6, 6.07) is 9.13. The van der Waals surface area contributed by atoms with Gasteiger partial charge < -0.3 is 11.1 Å². The van der Waals surface area contributed by atoms with Crippen LogP contribution in [0.4, 0.5) is 5.82 Å². The molecule has 166 valence electrons. The first-order valence-electron chi connectivity index (χ1n) is 11.2. The van der Waals surface area contributed by atoms with E-state index in [1.165, 1.54) is 0 Å². The van der Waals surface area contributed by atoms with Crippen molar-refractivity contribution < 1.29 is 9.59 Å². The summed E-state index contributed by atoms with van der Waals surface area (Å²) in [6.07, 6.45) is 3.10. The van der Waals surface area contributed by atoms with Crippen LogP contribution in [0.15, 0.2) is 30.3 Å². The van der Waals surface area contributed by atoms with Crippen LogP contribution in [-0.2, 0) is 12.0 Å². The summed E-state index contributed by atoms with van der Waals surface area (Å²) in [6.45, 7) is 7.83. The van der Waals surface area contributed by atoms with Gasteiger partial charge in [0.25, 0.3) is 0 Å². The Morgan fingerprint density at radius 3 is 2.56 bits per heavy atom. The van der Waals surface area contributed by atoms with E-state index in [0.717, 1.165) is 36.9 Å². The molecule has 32 heavy (non-hydrogen) atoms. The lowest BCUT2D eigenvalue weighted by Gasteiger charge is -2.39. The quantitative estimate of drug-likeness (QED) is 0.602. The summed E-state index contributed by atoms with van der Waals surface area (Å²) >= 11 is 0. The molecule has 3 heterocycles. The molecule has 2 aromatic heterocycles. The Morgan fingerprint density at radius 1 is 1.12 bits per heavy atom. The van der Waals surface area contributed by atoms with Crippen LogP contribution in [0.3, 0.4) is 0 Å². The maximum absolute atomic E-state index is 13.9. The number of Topliss-reactive ketones (excluding diaryl/α,β-unsaturated/α-hetero) is 1. The van der Waals surface area contributed by atoms with Crippen LogP contribution in [0.1, 0.15) is 72.1 Å². The van der Waals surface area contributed by atoms with E-state index < -0.39 is 5.54 Å². The van der Waals surface area contributed by atoms with Gasteiger partial charge in [-0.1, -0.05) is 12.1 Å². The molecule has 0 unspecified atom stereocenters. The number of carbonyl (C=O) groups excluding carboxylic acids is 2. The van der Waals surface area contributed by atoms with Crippen LogP contribution in [0.2, 0.25) is 0 Å². The molecule has 0 radical (unpaired) electrons. The van der Waals surface area contributed by atoms with Crippen molar-refractivity contribution in [3.63, 3.8) is 0 Å². The second kappa shape index (κ2) is 7.24. The van der Waals surface area contributed by atoms with Crippen molar-refractivity contribution in [2.24, 2.45) is 5.41 Å². The van der Waals surface area contributed by atoms with Crippen molar-refractivity contribution in [1.29, 1.82) is 0 Å². The molecule has 1 spiro atoms. The molecular weight excluding hydrogens is 402 g/mol. The Labute approximate surface area is 187 Å². The number of nitrogen functional groups attached to an aromatic ring is 1. The van der Waals surface area contributed by atoms with Gasteiger partial charge in [0.1, 0.15) is 17.2 Å². The first kappa shape index (κ1) is 20.8. The van der Waals surface area contributed by atoms with Gasteiger partial charge in [0, 0.05) is 22.9 Å². The van der Waals surface area contributed by atoms with Crippen molar-refractivity contribution in [1.82, 2.24) is 20.1 Å². The van der Waals surface area contributed by atoms with E-state index in [-0.39, 0.29) is 17.0 Å². The summed E-state index contributed by atoms with van der Waals surface area (Å²) in [5.74, 6) is 0.342. The monoisotopic (exact) mass is 431 g/mol. The summed E-state index contributed by atoms with van der Waals surface area (Å²) in [5.41, 5.74) is 8.34. The second-order valence-corrected chi connectivity index (χ2v) is 10.3. The lowest BCUT2D eigenvalue weighted by molar-refractivity contribution is 0.0830. The number of fused-ring (bicyclic) bond motifs is 2. The van der Waals surface area contributed by atoms with Gasteiger partial charge in [-0.25, -0.2) is 4.98 Å². The predicted molar refractivity (Wildman–Crippen MR) is 124 cm³/mol. The van der Waals surface area contributed by atoms with Crippen LogP contribution < -0.4 is 11.1 Å². The molecule has 1 saturated heterocycles. The topological polar surface area (TPSA) is 103 Å². The number of nitrogens with one attached hydrogen (secondary N) is 1. The summed E-state index contributed by atoms with van der Waals surface area (Å²) < 4.78 is 1.76. The number of rotatable bonds is 2. The maximum Gasteiger partial charge on any atom is 0.211 e. The number of carbonyl (C=O) groups is 2. The molecule has 3 N–H and O–H groups in total. The SMILES string of the molecule is CC(C)(C)n1nc2c(c1C(=O)c1ccc3ccc(N)nc3c1)CC1(CCNCC1)CC2=O. The zero-order chi connectivity index (χ0) is 22.7. The van der Waals surface area contributed by atoms with Crippen molar-refractivity contribution >= 4 is 28.3 Å². The first-order valence-corrected chi connectivity index (χ1v) is 11.2. The van der Waals surface area contributed by atoms with Gasteiger partial charge in [0.2, 0.25) is 5.78 Å². The zero-order valence-electron chi connectivity index (χ0n) is 18.9. The molecule has 3 aromatic rings. The van der Waals surface area contributed by atoms with E-state index >= 15 is 0 Å². The number of benzene rings is 1. The molecule has 0 bridgehead atoms. The highest BCUT2D eigenvalue weighted by Gasteiger charge is 2.44. The molecule has 2 aliphatic rings. The highest BCUT2D eigenvalue weighted by molar-refractivity contribution is 6.12. The molecule has 0 atom stereocenters. The molecule has 7 nitrogen and oxygen atoms in total. The van der Waals surface area contributed by atoms with Gasteiger partial charge in [0.15, 0.2) is 5.78 Å². The zero-order valence-corrected chi connectivity index (χ0v) is 18.9. The average molecular weight is 432 g/mol. The number of aromatic nitrogens is 3. The fourth-order valence-corrected chi connectivity index (χ4v) is 5.14. The Hall–Kier alpha value is -3.06. The average Bonchev–Trinajstić information content (AvgIpc) is 3.13. The van der Waals surface area contributed by atoms with E-state index in [2.05, 4.69) is 10.3 Å². The Kier molecular flexibility index (Phi) is 4.71. The molecule has 7 heteroatoms. The van der Waals surface area contributed by atoms with E-state index in [1.807, 2.05) is 39.0 Å². The van der Waals surface area contributed by atoms with E-state index in [1.54, 1.807) is 16.8 Å². The van der Waals surface area contributed by atoms with E-state index in [4.69, 9.17) is 10.8 Å². The van der Waals surface area contributed by atoms with Gasteiger partial charge in [0.05, 0.1) is 11.1 Å². The molecule has 0 saturated carbocycles. The lowest BCUT2D eigenvalue weighted by Crippen LogP contribution is -2.42. The number of pyridine rings is 1. The van der Waals surface area contributed by atoms with Gasteiger partial charge in [-0.15, -0.1) is 0 Å². The van der Waals surface area contributed by atoms with Crippen LogP contribution in [0.25, 0.3) is 10.9 Å². The third-order valence-corrected chi connectivity index (χ3v) is 6.83. The van der Waals surface area contributed by atoms with Crippen molar-refractivity contribution in [2.75, 3.05) is 18.8 Å². The summed E-state index contributed by atoms with van der Waals surface area (Å²) in [4.78, 5) is 31.5. The number of hydrogen-bond acceptors (Lipinski definition) is 6. The van der Waals surface area contributed by atoms with Gasteiger partial charge in [-0.2, -0.15) is 5.10 Å². The van der Waals surface area contributed by atoms with E-state index in [9.17, 15) is 9.59 Å². The number of anilines is 1. The van der Waals surface area contributed by atoms with Crippen molar-refractivity contribution in [3.8, 4) is 0 Å². The van der Waals surface area contributed by atoms with Gasteiger partial charge in [-0.05, 0) is 76.7 Å². The van der Waals surface area contributed by atoms with Crippen LogP contribution in [-0.4, -0.2) is 39.4 Å². The van der Waals surface area contributed by atoms with Gasteiger partial charge in [-0.3, -0.25) is 14.3 Å². The molecule has 1 fully saturated rings. The minimum atomic E-state index is -0.441. The largest absolute Gasteiger partial charge is 0.384 e. The fraction of sp³-hybridized carbons (Fsp3) is 0.440. The Morgan fingerprint density at radius 2 is 1.84 bits per heavy atom. The Balaban J connectivity index is 1.66. The van der Waals surface area contributed by atoms with Crippen LogP contribution >= 0.6 is 0 Å². The summed E-state index contributed by atoms with van der Waals surface area (Å²) in [5, 5.41) is 9.01.